The van der Waals surface area contributed by atoms with Crippen LogP contribution in [0.4, 0.5) is 0 Å². The molecule has 0 amide bonds. The zero-order valence-electron chi connectivity index (χ0n) is 10.4. The average Bonchev–Trinajstić information content (AvgIpc) is 2.82. The van der Waals surface area contributed by atoms with Gasteiger partial charge in [-0.2, -0.15) is 0 Å². The number of hydrogen-bond acceptors (Lipinski definition) is 2. The quantitative estimate of drug-likeness (QED) is 0.741. The number of aromatic nitrogens is 1. The van der Waals surface area contributed by atoms with Crippen molar-refractivity contribution in [2.45, 2.75) is 32.8 Å². The maximum Gasteiger partial charge on any atom is 0.0833 e. The molecule has 0 radical (unpaired) electrons. The smallest absolute Gasteiger partial charge is 0.0833 e. The summed E-state index contributed by atoms with van der Waals surface area (Å²) in [5.41, 5.74) is 4.75. The van der Waals surface area contributed by atoms with Crippen molar-refractivity contribution in [3.8, 4) is 0 Å². The highest BCUT2D eigenvalue weighted by atomic mass is 16.5. The minimum absolute atomic E-state index is 0.265. The molecular weight excluding hydrogens is 210 g/mol. The van der Waals surface area contributed by atoms with E-state index in [0.29, 0.717) is 0 Å². The monoisotopic (exact) mass is 227 g/mol. The fourth-order valence-electron chi connectivity index (χ4n) is 2.59. The Kier molecular flexibility index (Phi) is 2.60. The van der Waals surface area contributed by atoms with Crippen LogP contribution in [-0.4, -0.2) is 11.6 Å². The van der Waals surface area contributed by atoms with Crippen LogP contribution in [-0.2, 0) is 4.74 Å². The number of fused-ring (bicyclic) bond motifs is 1. The molecule has 2 heterocycles. The van der Waals surface area contributed by atoms with Gasteiger partial charge in [0.05, 0.1) is 11.6 Å². The third-order valence-corrected chi connectivity index (χ3v) is 3.40. The van der Waals surface area contributed by atoms with E-state index in [9.17, 15) is 0 Å². The zero-order valence-corrected chi connectivity index (χ0v) is 10.4. The molecule has 1 aliphatic heterocycles. The molecule has 1 saturated heterocycles. The second kappa shape index (κ2) is 4.11. The molecule has 1 aromatic heterocycles. The van der Waals surface area contributed by atoms with E-state index in [4.69, 9.17) is 4.74 Å². The van der Waals surface area contributed by atoms with Gasteiger partial charge in [0.1, 0.15) is 0 Å². The number of aryl methyl sites for hydroxylation is 2. The summed E-state index contributed by atoms with van der Waals surface area (Å²) >= 11 is 0. The normalized spacial score (nSPS) is 20.0. The second-order valence-electron chi connectivity index (χ2n) is 4.88. The van der Waals surface area contributed by atoms with E-state index in [2.05, 4.69) is 43.1 Å². The molecular formula is C15H17NO. The number of pyridine rings is 1. The SMILES string of the molecule is Cc1ccc2nc(C)cc(C3CCCO3)c2c1. The fourth-order valence-corrected chi connectivity index (χ4v) is 2.59. The lowest BCUT2D eigenvalue weighted by atomic mass is 9.99. The lowest BCUT2D eigenvalue weighted by Crippen LogP contribution is -1.99. The first kappa shape index (κ1) is 10.7. The van der Waals surface area contributed by atoms with E-state index >= 15 is 0 Å². The van der Waals surface area contributed by atoms with Gasteiger partial charge < -0.3 is 4.74 Å². The molecule has 2 nitrogen and oxygen atoms in total. The number of nitrogens with zero attached hydrogens (tertiary/aromatic N) is 1. The lowest BCUT2D eigenvalue weighted by molar-refractivity contribution is 0.113. The molecule has 88 valence electrons. The molecule has 1 unspecified atom stereocenters. The van der Waals surface area contributed by atoms with Gasteiger partial charge in [0.25, 0.3) is 0 Å². The topological polar surface area (TPSA) is 22.1 Å². The van der Waals surface area contributed by atoms with Crippen LogP contribution < -0.4 is 0 Å². The van der Waals surface area contributed by atoms with E-state index in [1.165, 1.54) is 22.9 Å². The molecule has 17 heavy (non-hydrogen) atoms. The van der Waals surface area contributed by atoms with Crippen LogP contribution in [0.5, 0.6) is 0 Å². The standard InChI is InChI=1S/C15H17NO/c1-10-5-6-14-12(8-10)13(9-11(2)16-14)15-4-3-7-17-15/h5-6,8-9,15H,3-4,7H2,1-2H3. The maximum atomic E-state index is 5.81. The minimum Gasteiger partial charge on any atom is -0.374 e. The van der Waals surface area contributed by atoms with Crippen molar-refractivity contribution in [3.63, 3.8) is 0 Å². The number of benzene rings is 1. The van der Waals surface area contributed by atoms with Gasteiger partial charge in [-0.25, -0.2) is 0 Å². The first-order valence-corrected chi connectivity index (χ1v) is 6.23. The van der Waals surface area contributed by atoms with Crippen molar-refractivity contribution in [1.29, 1.82) is 0 Å². The predicted octanol–water partition coefficient (Wildman–Crippen LogP) is 3.70. The Morgan fingerprint density at radius 3 is 2.88 bits per heavy atom. The van der Waals surface area contributed by atoms with Crippen LogP contribution in [0.3, 0.4) is 0 Å². The van der Waals surface area contributed by atoms with Crippen LogP contribution in [0.15, 0.2) is 24.3 Å². The summed E-state index contributed by atoms with van der Waals surface area (Å²) in [5, 5.41) is 1.25. The predicted molar refractivity (Wildman–Crippen MR) is 69.1 cm³/mol. The highest BCUT2D eigenvalue weighted by molar-refractivity contribution is 5.83. The summed E-state index contributed by atoms with van der Waals surface area (Å²) in [6.45, 7) is 5.07. The Balaban J connectivity index is 2.23. The molecule has 1 aromatic carbocycles. The summed E-state index contributed by atoms with van der Waals surface area (Å²) in [6.07, 6.45) is 2.56. The first-order valence-electron chi connectivity index (χ1n) is 6.23. The molecule has 0 spiro atoms. The van der Waals surface area contributed by atoms with Crippen molar-refractivity contribution < 1.29 is 4.74 Å². The lowest BCUT2D eigenvalue weighted by Gasteiger charge is -2.14. The highest BCUT2D eigenvalue weighted by Crippen LogP contribution is 2.33. The Morgan fingerprint density at radius 1 is 1.24 bits per heavy atom. The van der Waals surface area contributed by atoms with Gasteiger partial charge in [-0.05, 0) is 50.5 Å². The number of ether oxygens (including phenoxy) is 1. The largest absolute Gasteiger partial charge is 0.374 e. The summed E-state index contributed by atoms with van der Waals surface area (Å²) in [5.74, 6) is 0. The van der Waals surface area contributed by atoms with Gasteiger partial charge in [0.2, 0.25) is 0 Å². The number of rotatable bonds is 1. The number of hydrogen-bond donors (Lipinski definition) is 0. The van der Waals surface area contributed by atoms with Crippen molar-refractivity contribution in [2.24, 2.45) is 0 Å². The van der Waals surface area contributed by atoms with Crippen LogP contribution in [0.2, 0.25) is 0 Å². The Morgan fingerprint density at radius 2 is 2.12 bits per heavy atom. The van der Waals surface area contributed by atoms with Crippen LogP contribution >= 0.6 is 0 Å². The minimum atomic E-state index is 0.265. The third kappa shape index (κ3) is 1.93. The summed E-state index contributed by atoms with van der Waals surface area (Å²) in [4.78, 5) is 4.59. The Labute approximate surface area is 102 Å². The third-order valence-electron chi connectivity index (χ3n) is 3.40. The molecule has 3 rings (SSSR count). The zero-order chi connectivity index (χ0) is 11.8. The second-order valence-corrected chi connectivity index (χ2v) is 4.88. The van der Waals surface area contributed by atoms with E-state index in [-0.39, 0.29) is 6.10 Å². The van der Waals surface area contributed by atoms with E-state index < -0.39 is 0 Å². The van der Waals surface area contributed by atoms with E-state index in [0.717, 1.165) is 24.2 Å². The summed E-state index contributed by atoms with van der Waals surface area (Å²) in [6, 6.07) is 8.63. The molecule has 1 atom stereocenters. The molecule has 2 aromatic rings. The van der Waals surface area contributed by atoms with E-state index in [1.807, 2.05) is 0 Å². The molecule has 0 aliphatic carbocycles. The summed E-state index contributed by atoms with van der Waals surface area (Å²) in [7, 11) is 0. The van der Waals surface area contributed by atoms with Gasteiger partial charge in [0, 0.05) is 17.7 Å². The van der Waals surface area contributed by atoms with Crippen LogP contribution in [0.25, 0.3) is 10.9 Å². The van der Waals surface area contributed by atoms with Gasteiger partial charge in [0.15, 0.2) is 0 Å². The van der Waals surface area contributed by atoms with Gasteiger partial charge in [-0.1, -0.05) is 11.6 Å². The molecule has 0 bridgehead atoms. The van der Waals surface area contributed by atoms with Crippen LogP contribution in [0.1, 0.15) is 35.8 Å². The van der Waals surface area contributed by atoms with Crippen molar-refractivity contribution in [2.75, 3.05) is 6.61 Å². The molecule has 2 heteroatoms. The van der Waals surface area contributed by atoms with Gasteiger partial charge in [-0.3, -0.25) is 4.98 Å². The van der Waals surface area contributed by atoms with Crippen LogP contribution in [0, 0.1) is 13.8 Å². The average molecular weight is 227 g/mol. The summed E-state index contributed by atoms with van der Waals surface area (Å²) < 4.78 is 5.81. The van der Waals surface area contributed by atoms with Gasteiger partial charge >= 0.3 is 0 Å². The van der Waals surface area contributed by atoms with Gasteiger partial charge in [-0.15, -0.1) is 0 Å². The van der Waals surface area contributed by atoms with Crippen molar-refractivity contribution in [3.05, 3.63) is 41.1 Å². The molecule has 1 aliphatic rings. The molecule has 1 fully saturated rings. The first-order chi connectivity index (χ1) is 8.24. The van der Waals surface area contributed by atoms with Crippen molar-refractivity contribution >= 4 is 10.9 Å². The highest BCUT2D eigenvalue weighted by Gasteiger charge is 2.20. The fraction of sp³-hybridized carbons (Fsp3) is 0.400. The molecule has 0 N–H and O–H groups in total. The van der Waals surface area contributed by atoms with E-state index in [1.54, 1.807) is 0 Å². The van der Waals surface area contributed by atoms with Crippen molar-refractivity contribution in [1.82, 2.24) is 4.98 Å². The Hall–Kier alpha value is -1.41. The Bertz CT molecular complexity index is 556. The maximum absolute atomic E-state index is 5.81. The molecule has 0 saturated carbocycles.